The topological polar surface area (TPSA) is 112 Å². The van der Waals surface area contributed by atoms with Gasteiger partial charge in [-0.3, -0.25) is 14.9 Å². The minimum Gasteiger partial charge on any atom is -0.390 e. The van der Waals surface area contributed by atoms with Gasteiger partial charge in [-0.2, -0.15) is 0 Å². The standard InChI is InChI=1S/C31H32FN3O4S2/c1-16-10-21-20-6-5-18-12-19(36)8-9-28(18,2)30(20,32)25(37)13-29(21,3)31(16,39)24-14-40-27(34-24)35-26(38)17-4-7-22-23(11-17)41-15-33-22/h4,7-9,11-12,14-16,20-21,25,37,39H,5-6,10,13H2,1-3H3,(H,34,35,38)/t16-,20+,21+,25+,28+,29+,30+,31+/m1/s1. The van der Waals surface area contributed by atoms with Crippen molar-refractivity contribution in [1.29, 1.82) is 0 Å². The Labute approximate surface area is 245 Å². The van der Waals surface area contributed by atoms with E-state index in [1.165, 1.54) is 34.8 Å². The van der Waals surface area contributed by atoms with Crippen LogP contribution in [0.15, 0.2) is 52.9 Å². The number of aliphatic hydroxyl groups is 2. The van der Waals surface area contributed by atoms with Crippen LogP contribution in [0.2, 0.25) is 0 Å². The van der Waals surface area contributed by atoms with Crippen molar-refractivity contribution >= 4 is 49.7 Å². The number of aromatic nitrogens is 2. The molecule has 0 spiro atoms. The molecule has 3 fully saturated rings. The molecule has 3 aromatic rings. The predicted octanol–water partition coefficient (Wildman–Crippen LogP) is 5.81. The molecule has 2 aromatic heterocycles. The van der Waals surface area contributed by atoms with Gasteiger partial charge in [-0.15, -0.1) is 22.7 Å². The van der Waals surface area contributed by atoms with Crippen LogP contribution in [-0.4, -0.2) is 43.6 Å². The first kappa shape index (κ1) is 27.1. The molecule has 8 atom stereocenters. The molecule has 0 radical (unpaired) electrons. The quantitative estimate of drug-likeness (QED) is 0.353. The molecule has 7 rings (SSSR count). The van der Waals surface area contributed by atoms with Crippen LogP contribution in [0.4, 0.5) is 9.52 Å². The van der Waals surface area contributed by atoms with E-state index in [0.717, 1.165) is 15.8 Å². The zero-order valence-electron chi connectivity index (χ0n) is 23.1. The number of alkyl halides is 1. The van der Waals surface area contributed by atoms with Gasteiger partial charge in [0.15, 0.2) is 16.6 Å². The lowest BCUT2D eigenvalue weighted by molar-refractivity contribution is -0.223. The number of allylic oxidation sites excluding steroid dienone is 4. The van der Waals surface area contributed by atoms with E-state index in [1.54, 1.807) is 36.0 Å². The summed E-state index contributed by atoms with van der Waals surface area (Å²) in [5, 5.41) is 29.1. The van der Waals surface area contributed by atoms with Crippen LogP contribution in [0.5, 0.6) is 0 Å². The number of ketones is 1. The van der Waals surface area contributed by atoms with Crippen molar-refractivity contribution in [3.05, 3.63) is 64.1 Å². The van der Waals surface area contributed by atoms with Crippen molar-refractivity contribution in [2.24, 2.45) is 28.6 Å². The Kier molecular flexibility index (Phi) is 5.85. The number of amides is 1. The summed E-state index contributed by atoms with van der Waals surface area (Å²) in [5.74, 6) is -1.39. The molecule has 1 amide bonds. The van der Waals surface area contributed by atoms with E-state index in [4.69, 9.17) is 4.98 Å². The largest absolute Gasteiger partial charge is 0.390 e. The minimum atomic E-state index is -1.95. The molecular formula is C31H32FN3O4S2. The van der Waals surface area contributed by atoms with Gasteiger partial charge in [-0.1, -0.05) is 25.5 Å². The minimum absolute atomic E-state index is 0.0598. The monoisotopic (exact) mass is 593 g/mol. The highest BCUT2D eigenvalue weighted by atomic mass is 32.1. The fourth-order valence-electron chi connectivity index (χ4n) is 8.76. The second-order valence-corrected chi connectivity index (χ2v) is 14.4. The molecule has 4 aliphatic rings. The Balaban J connectivity index is 1.20. The van der Waals surface area contributed by atoms with Gasteiger partial charge in [0.05, 0.1) is 27.5 Å². The first-order chi connectivity index (χ1) is 19.4. The van der Waals surface area contributed by atoms with Crippen LogP contribution in [0.25, 0.3) is 10.2 Å². The van der Waals surface area contributed by atoms with Crippen LogP contribution in [0, 0.1) is 28.6 Å². The number of nitrogens with one attached hydrogen (secondary N) is 1. The maximum atomic E-state index is 17.4. The SMILES string of the molecule is C[C@@H]1C[C@H]2[C@@H]3CCC4=CC(=O)C=C[C@]4(C)[C@@]3(F)[C@@H](O)C[C@]2(C)[C@@]1(O)c1csc(NC(=O)c2ccc3ncsc3c2)n1. The smallest absolute Gasteiger partial charge is 0.257 e. The third-order valence-corrected chi connectivity index (χ3v) is 12.5. The number of anilines is 1. The van der Waals surface area contributed by atoms with Gasteiger partial charge in [0, 0.05) is 27.7 Å². The zero-order valence-corrected chi connectivity index (χ0v) is 24.7. The number of benzene rings is 1. The first-order valence-corrected chi connectivity index (χ1v) is 15.8. The van der Waals surface area contributed by atoms with Crippen molar-refractivity contribution in [3.8, 4) is 0 Å². The van der Waals surface area contributed by atoms with E-state index in [2.05, 4.69) is 10.3 Å². The number of fused-ring (bicyclic) bond motifs is 6. The number of aliphatic hydroxyl groups excluding tert-OH is 1. The molecule has 3 saturated carbocycles. The number of carbonyl (C=O) groups excluding carboxylic acids is 2. The van der Waals surface area contributed by atoms with Crippen LogP contribution in [0.3, 0.4) is 0 Å². The third kappa shape index (κ3) is 3.48. The van der Waals surface area contributed by atoms with Gasteiger partial charge >= 0.3 is 0 Å². The van der Waals surface area contributed by atoms with Gasteiger partial charge in [0.2, 0.25) is 0 Å². The van der Waals surface area contributed by atoms with Crippen molar-refractivity contribution in [3.63, 3.8) is 0 Å². The molecule has 1 aromatic carbocycles. The predicted molar refractivity (Wildman–Crippen MR) is 156 cm³/mol. The number of carbonyl (C=O) groups is 2. The number of halogens is 1. The Bertz CT molecular complexity index is 1670. The molecule has 0 aliphatic heterocycles. The highest BCUT2D eigenvalue weighted by Crippen LogP contribution is 2.72. The zero-order chi connectivity index (χ0) is 28.9. The van der Waals surface area contributed by atoms with Crippen LogP contribution < -0.4 is 5.32 Å². The Morgan fingerprint density at radius 3 is 2.83 bits per heavy atom. The normalized spacial score (nSPS) is 39.7. The molecule has 10 heteroatoms. The van der Waals surface area contributed by atoms with Gasteiger partial charge in [-0.05, 0) is 74.8 Å². The highest BCUT2D eigenvalue weighted by molar-refractivity contribution is 7.16. The second-order valence-electron chi connectivity index (χ2n) is 12.7. The summed E-state index contributed by atoms with van der Waals surface area (Å²) in [6, 6.07) is 5.33. The molecule has 7 nitrogen and oxygen atoms in total. The van der Waals surface area contributed by atoms with Gasteiger partial charge in [0.25, 0.3) is 5.91 Å². The van der Waals surface area contributed by atoms with Crippen LogP contribution >= 0.6 is 22.7 Å². The molecular weight excluding hydrogens is 561 g/mol. The van der Waals surface area contributed by atoms with Crippen molar-refractivity contribution < 1.29 is 24.2 Å². The Hall–Kier alpha value is -2.79. The summed E-state index contributed by atoms with van der Waals surface area (Å²) in [4.78, 5) is 34.1. The fraction of sp³-hybridized carbons (Fsp3) is 0.484. The molecule has 0 bridgehead atoms. The van der Waals surface area contributed by atoms with Crippen molar-refractivity contribution in [2.75, 3.05) is 5.32 Å². The molecule has 2 heterocycles. The molecule has 214 valence electrons. The summed E-state index contributed by atoms with van der Waals surface area (Å²) in [6.45, 7) is 5.72. The lowest BCUT2D eigenvalue weighted by atomic mass is 9.44. The van der Waals surface area contributed by atoms with Crippen molar-refractivity contribution in [1.82, 2.24) is 9.97 Å². The first-order valence-electron chi connectivity index (χ1n) is 14.1. The number of nitrogens with zero attached hydrogens (tertiary/aromatic N) is 2. The van der Waals surface area contributed by atoms with Crippen molar-refractivity contribution in [2.45, 2.75) is 63.8 Å². The summed E-state index contributed by atoms with van der Waals surface area (Å²) < 4.78 is 18.4. The van der Waals surface area contributed by atoms with E-state index in [1.807, 2.05) is 19.9 Å². The number of hydrogen-bond acceptors (Lipinski definition) is 8. The van der Waals surface area contributed by atoms with Crippen LogP contribution in [-0.2, 0) is 10.4 Å². The van der Waals surface area contributed by atoms with Gasteiger partial charge in [0.1, 0.15) is 5.60 Å². The Morgan fingerprint density at radius 2 is 2.02 bits per heavy atom. The van der Waals surface area contributed by atoms with E-state index < -0.39 is 34.1 Å². The van der Waals surface area contributed by atoms with E-state index in [9.17, 15) is 19.8 Å². The summed E-state index contributed by atoms with van der Waals surface area (Å²) in [5.41, 5.74) is -1.05. The molecule has 0 saturated heterocycles. The lowest BCUT2D eigenvalue weighted by Gasteiger charge is -2.62. The number of hydrogen-bond donors (Lipinski definition) is 3. The van der Waals surface area contributed by atoms with Gasteiger partial charge < -0.3 is 10.2 Å². The second kappa shape index (κ2) is 8.86. The van der Waals surface area contributed by atoms with E-state index >= 15 is 4.39 Å². The fourth-order valence-corrected chi connectivity index (χ4v) is 10.2. The van der Waals surface area contributed by atoms with E-state index in [-0.39, 0.29) is 29.9 Å². The molecule has 41 heavy (non-hydrogen) atoms. The summed E-state index contributed by atoms with van der Waals surface area (Å²) in [6.07, 6.45) is 4.99. The average Bonchev–Trinajstić information content (AvgIpc) is 3.65. The van der Waals surface area contributed by atoms with Crippen LogP contribution in [0.1, 0.15) is 62.5 Å². The molecule has 4 aliphatic carbocycles. The average molecular weight is 594 g/mol. The van der Waals surface area contributed by atoms with E-state index in [0.29, 0.717) is 35.7 Å². The molecule has 0 unspecified atom stereocenters. The number of rotatable bonds is 3. The lowest BCUT2D eigenvalue weighted by Crippen LogP contribution is -2.68. The summed E-state index contributed by atoms with van der Waals surface area (Å²) in [7, 11) is 0. The highest BCUT2D eigenvalue weighted by Gasteiger charge is 2.74. The molecule has 3 N–H and O–H groups in total. The third-order valence-electron chi connectivity index (χ3n) is 10.9. The van der Waals surface area contributed by atoms with Gasteiger partial charge in [-0.25, -0.2) is 14.4 Å². The maximum absolute atomic E-state index is 17.4. The maximum Gasteiger partial charge on any atom is 0.257 e. The number of thiazole rings is 2. The Morgan fingerprint density at radius 1 is 1.22 bits per heavy atom. The summed E-state index contributed by atoms with van der Waals surface area (Å²) >= 11 is 2.71.